The monoisotopic (exact) mass is 401 g/mol. The Morgan fingerprint density at radius 2 is 1.93 bits per heavy atom. The van der Waals surface area contributed by atoms with E-state index in [1.165, 1.54) is 0 Å². The maximum Gasteiger partial charge on any atom is 0.275 e. The van der Waals surface area contributed by atoms with Gasteiger partial charge in [0.25, 0.3) is 5.91 Å². The van der Waals surface area contributed by atoms with Crippen LogP contribution in [0.3, 0.4) is 0 Å². The topological polar surface area (TPSA) is 90.8 Å². The maximum absolute atomic E-state index is 15.4. The number of nitrogens with one attached hydrogen (secondary N) is 2. The molecule has 1 atom stereocenters. The van der Waals surface area contributed by atoms with Gasteiger partial charge < -0.3 is 14.3 Å². The predicted octanol–water partition coefficient (Wildman–Crippen LogP) is 3.96. The van der Waals surface area contributed by atoms with Gasteiger partial charge in [-0.1, -0.05) is 30.3 Å². The van der Waals surface area contributed by atoms with Crippen LogP contribution in [-0.4, -0.2) is 37.5 Å². The van der Waals surface area contributed by atoms with Crippen LogP contribution < -0.4 is 0 Å². The van der Waals surface area contributed by atoms with E-state index < -0.39 is 11.9 Å². The molecule has 4 heterocycles. The maximum atomic E-state index is 15.4. The van der Waals surface area contributed by atoms with Crippen LogP contribution in [0.15, 0.2) is 59.3 Å². The van der Waals surface area contributed by atoms with E-state index in [2.05, 4.69) is 20.2 Å². The molecule has 2 aromatic carbocycles. The highest BCUT2D eigenvalue weighted by molar-refractivity contribution is 6.05. The van der Waals surface area contributed by atoms with Crippen LogP contribution in [-0.2, 0) is 6.42 Å². The number of nitrogens with zero attached hydrogens (tertiary/aromatic N) is 3. The second kappa shape index (κ2) is 6.28. The normalized spacial score (nSPS) is 16.3. The summed E-state index contributed by atoms with van der Waals surface area (Å²) in [6, 6.07) is 13.6. The number of fused-ring (bicyclic) bond motifs is 3. The van der Waals surface area contributed by atoms with Crippen molar-refractivity contribution in [2.45, 2.75) is 12.5 Å². The van der Waals surface area contributed by atoms with Crippen molar-refractivity contribution in [1.82, 2.24) is 25.1 Å². The van der Waals surface area contributed by atoms with Crippen molar-refractivity contribution >= 4 is 27.8 Å². The van der Waals surface area contributed by atoms with Crippen LogP contribution in [0.2, 0.25) is 0 Å². The van der Waals surface area contributed by atoms with Crippen molar-refractivity contribution in [1.29, 1.82) is 0 Å². The van der Waals surface area contributed by atoms with E-state index in [4.69, 9.17) is 4.42 Å². The number of H-pyrrole nitrogens is 2. The number of carbonyl (C=O) groups is 1. The molecule has 0 saturated heterocycles. The summed E-state index contributed by atoms with van der Waals surface area (Å²) in [4.78, 5) is 22.6. The minimum absolute atomic E-state index is 0.0810. The van der Waals surface area contributed by atoms with E-state index >= 15 is 4.39 Å². The number of aromatic amines is 2. The van der Waals surface area contributed by atoms with Crippen LogP contribution >= 0.6 is 0 Å². The number of benzene rings is 2. The first-order chi connectivity index (χ1) is 14.7. The summed E-state index contributed by atoms with van der Waals surface area (Å²) in [5.74, 6) is -0.695. The first-order valence-electron chi connectivity index (χ1n) is 9.65. The molecule has 6 rings (SSSR count). The van der Waals surface area contributed by atoms with Crippen LogP contribution in [0, 0.1) is 5.82 Å². The van der Waals surface area contributed by atoms with E-state index in [0.717, 1.165) is 16.6 Å². The molecular formula is C22H16FN5O2. The van der Waals surface area contributed by atoms with Crippen molar-refractivity contribution in [2.24, 2.45) is 0 Å². The van der Waals surface area contributed by atoms with Gasteiger partial charge in [0.2, 0.25) is 0 Å². The summed E-state index contributed by atoms with van der Waals surface area (Å²) in [6.45, 7) is 0.385. The van der Waals surface area contributed by atoms with E-state index in [9.17, 15) is 4.79 Å². The summed E-state index contributed by atoms with van der Waals surface area (Å²) in [5.41, 5.74) is 2.96. The zero-order chi connectivity index (χ0) is 20.2. The molecule has 1 aliphatic rings. The van der Waals surface area contributed by atoms with Gasteiger partial charge in [-0.3, -0.25) is 9.89 Å². The third-order valence-corrected chi connectivity index (χ3v) is 5.67. The van der Waals surface area contributed by atoms with E-state index in [-0.39, 0.29) is 11.7 Å². The Balaban J connectivity index is 1.52. The van der Waals surface area contributed by atoms with Crippen molar-refractivity contribution < 1.29 is 13.6 Å². The van der Waals surface area contributed by atoms with Crippen LogP contribution in [0.25, 0.3) is 21.9 Å². The molecule has 0 unspecified atom stereocenters. The van der Waals surface area contributed by atoms with Crippen LogP contribution in [0.1, 0.15) is 33.7 Å². The number of para-hydroxylation sites is 2. The lowest BCUT2D eigenvalue weighted by Crippen LogP contribution is -2.41. The summed E-state index contributed by atoms with van der Waals surface area (Å²) >= 11 is 0. The largest absolute Gasteiger partial charge is 0.455 e. The Labute approximate surface area is 169 Å². The summed E-state index contributed by atoms with van der Waals surface area (Å²) < 4.78 is 21.3. The summed E-state index contributed by atoms with van der Waals surface area (Å²) in [5, 5.41) is 8.24. The average Bonchev–Trinajstić information content (AvgIpc) is 3.50. The van der Waals surface area contributed by atoms with E-state index in [1.54, 1.807) is 35.5 Å². The fraction of sp³-hybridized carbons (Fsp3) is 0.136. The molecule has 0 fully saturated rings. The molecule has 0 bridgehead atoms. The number of halogens is 1. The number of furan rings is 1. The molecule has 3 aromatic heterocycles. The fourth-order valence-corrected chi connectivity index (χ4v) is 4.23. The van der Waals surface area contributed by atoms with Gasteiger partial charge in [-0.05, 0) is 18.2 Å². The Kier molecular flexibility index (Phi) is 3.55. The van der Waals surface area contributed by atoms with Crippen LogP contribution in [0.5, 0.6) is 0 Å². The molecule has 0 aliphatic carbocycles. The second-order valence-electron chi connectivity index (χ2n) is 7.31. The van der Waals surface area contributed by atoms with Crippen molar-refractivity contribution in [2.75, 3.05) is 6.54 Å². The van der Waals surface area contributed by atoms with E-state index in [0.29, 0.717) is 35.3 Å². The highest BCUT2D eigenvalue weighted by Crippen LogP contribution is 2.39. The van der Waals surface area contributed by atoms with Gasteiger partial charge in [0.1, 0.15) is 11.6 Å². The van der Waals surface area contributed by atoms with Gasteiger partial charge in [0, 0.05) is 24.0 Å². The lowest BCUT2D eigenvalue weighted by Gasteiger charge is -2.33. The number of carbonyl (C=O) groups excluding carboxylic acids is 1. The first-order valence-corrected chi connectivity index (χ1v) is 9.65. The average molecular weight is 401 g/mol. The SMILES string of the molecule is O=C(c1n[nH]c2ccccc12)N1CCc2[nH]cnc2[C@H]1c1oc2ccccc2c1F. The summed E-state index contributed by atoms with van der Waals surface area (Å²) in [7, 11) is 0. The van der Waals surface area contributed by atoms with Crippen molar-refractivity contribution in [3.63, 3.8) is 0 Å². The molecule has 0 radical (unpaired) electrons. The number of hydrogen-bond acceptors (Lipinski definition) is 4. The standard InChI is InChI=1S/C22H16FN5O2/c23-17-13-6-2-4-8-16(13)30-21(17)20-19-15(24-11-25-19)9-10-28(20)22(29)18-12-5-1-3-7-14(12)26-27-18/h1-8,11,20H,9-10H2,(H,24,25)(H,26,27)/t20-/m0/s1. The molecule has 7 nitrogen and oxygen atoms in total. The van der Waals surface area contributed by atoms with Crippen molar-refractivity contribution in [3.8, 4) is 0 Å². The quantitative estimate of drug-likeness (QED) is 0.468. The number of imidazole rings is 1. The number of rotatable bonds is 2. The van der Waals surface area contributed by atoms with Gasteiger partial charge in [0.15, 0.2) is 17.3 Å². The molecular weight excluding hydrogens is 385 g/mol. The minimum Gasteiger partial charge on any atom is -0.455 e. The van der Waals surface area contributed by atoms with Crippen LogP contribution in [0.4, 0.5) is 4.39 Å². The van der Waals surface area contributed by atoms with Gasteiger partial charge in [0.05, 0.1) is 22.9 Å². The molecule has 0 saturated carbocycles. The molecule has 0 spiro atoms. The lowest BCUT2D eigenvalue weighted by atomic mass is 9.99. The molecule has 30 heavy (non-hydrogen) atoms. The van der Waals surface area contributed by atoms with E-state index in [1.807, 2.05) is 24.3 Å². The Morgan fingerprint density at radius 1 is 1.13 bits per heavy atom. The van der Waals surface area contributed by atoms with Gasteiger partial charge >= 0.3 is 0 Å². The smallest absolute Gasteiger partial charge is 0.275 e. The fourth-order valence-electron chi connectivity index (χ4n) is 4.23. The summed E-state index contributed by atoms with van der Waals surface area (Å²) in [6.07, 6.45) is 2.15. The molecule has 5 aromatic rings. The molecule has 8 heteroatoms. The molecule has 2 N–H and O–H groups in total. The Hall–Kier alpha value is -3.94. The number of amides is 1. The minimum atomic E-state index is -0.782. The van der Waals surface area contributed by atoms with Gasteiger partial charge in [-0.25, -0.2) is 9.37 Å². The Morgan fingerprint density at radius 3 is 2.80 bits per heavy atom. The third-order valence-electron chi connectivity index (χ3n) is 5.67. The van der Waals surface area contributed by atoms with Gasteiger partial charge in [-0.15, -0.1) is 0 Å². The highest BCUT2D eigenvalue weighted by atomic mass is 19.1. The second-order valence-corrected chi connectivity index (χ2v) is 7.31. The lowest BCUT2D eigenvalue weighted by molar-refractivity contribution is 0.0664. The predicted molar refractivity (Wildman–Crippen MR) is 107 cm³/mol. The molecule has 1 aliphatic heterocycles. The number of aromatic nitrogens is 4. The first kappa shape index (κ1) is 17.0. The number of hydrogen-bond donors (Lipinski definition) is 2. The Bertz CT molecular complexity index is 1420. The molecule has 1 amide bonds. The zero-order valence-corrected chi connectivity index (χ0v) is 15.7. The zero-order valence-electron chi connectivity index (χ0n) is 15.7. The molecule has 148 valence electrons. The van der Waals surface area contributed by atoms with Gasteiger partial charge in [-0.2, -0.15) is 5.10 Å². The highest BCUT2D eigenvalue weighted by Gasteiger charge is 2.40. The van der Waals surface area contributed by atoms with Crippen molar-refractivity contribution in [3.05, 3.63) is 83.5 Å². The third kappa shape index (κ3) is 2.33.